The van der Waals surface area contributed by atoms with Gasteiger partial charge in [0.2, 0.25) is 0 Å². The van der Waals surface area contributed by atoms with Crippen LogP contribution in [0.2, 0.25) is 5.02 Å². The smallest absolute Gasteiger partial charge is 0.337 e. The van der Waals surface area contributed by atoms with E-state index in [1.807, 2.05) is 0 Å². The molecule has 5 nitrogen and oxygen atoms in total. The van der Waals surface area contributed by atoms with Crippen molar-refractivity contribution in [1.29, 1.82) is 0 Å². The van der Waals surface area contributed by atoms with E-state index in [9.17, 15) is 18.0 Å². The van der Waals surface area contributed by atoms with Crippen molar-refractivity contribution in [2.24, 2.45) is 0 Å². The molecular weight excluding hydrogens is 316 g/mol. The first-order valence-corrected chi connectivity index (χ1v) is 8.48. The maximum absolute atomic E-state index is 11.9. The highest BCUT2D eigenvalue weighted by atomic mass is 35.5. The normalized spacial score (nSPS) is 15.7. The van der Waals surface area contributed by atoms with Crippen molar-refractivity contribution in [2.75, 3.05) is 6.26 Å². The summed E-state index contributed by atoms with van der Waals surface area (Å²) in [6.45, 7) is 0. The molecule has 0 saturated heterocycles. The van der Waals surface area contributed by atoms with Crippen LogP contribution in [0.25, 0.3) is 5.57 Å². The van der Waals surface area contributed by atoms with Crippen LogP contribution >= 0.6 is 11.6 Å². The minimum Gasteiger partial charge on any atom is -0.478 e. The average Bonchev–Trinajstić information content (AvgIpc) is 2.36. The third-order valence-corrected chi connectivity index (χ3v) is 4.79. The molecule has 0 bridgehead atoms. The van der Waals surface area contributed by atoms with Gasteiger partial charge in [0.15, 0.2) is 15.6 Å². The van der Waals surface area contributed by atoms with Crippen LogP contribution in [0.5, 0.6) is 0 Å². The molecule has 1 aromatic carbocycles. The van der Waals surface area contributed by atoms with Crippen LogP contribution in [0.3, 0.4) is 0 Å². The number of aromatic carboxylic acids is 1. The standard InChI is InChI=1S/C14H13ClO5S/c1-21(19,20)11-6-5-10(14(17)18)13(15)12(11)8-3-2-4-9(16)7-8/h5-7H,2-4H2,1H3,(H,17,18). The van der Waals surface area contributed by atoms with Crippen molar-refractivity contribution < 1.29 is 23.1 Å². The lowest BCUT2D eigenvalue weighted by atomic mass is 9.92. The van der Waals surface area contributed by atoms with Gasteiger partial charge in [-0.1, -0.05) is 11.6 Å². The Morgan fingerprint density at radius 1 is 1.29 bits per heavy atom. The summed E-state index contributed by atoms with van der Waals surface area (Å²) in [6.07, 6.45) is 3.84. The first-order valence-electron chi connectivity index (χ1n) is 6.21. The zero-order valence-corrected chi connectivity index (χ0v) is 12.8. The molecule has 112 valence electrons. The molecule has 2 rings (SSSR count). The van der Waals surface area contributed by atoms with Gasteiger partial charge >= 0.3 is 5.97 Å². The molecule has 1 aliphatic carbocycles. The van der Waals surface area contributed by atoms with Gasteiger partial charge in [0.25, 0.3) is 0 Å². The monoisotopic (exact) mass is 328 g/mol. The van der Waals surface area contributed by atoms with Gasteiger partial charge in [0.05, 0.1) is 15.5 Å². The molecule has 0 radical (unpaired) electrons. The number of sulfone groups is 1. The summed E-state index contributed by atoms with van der Waals surface area (Å²) in [5, 5.41) is 8.97. The number of rotatable bonds is 3. The van der Waals surface area contributed by atoms with Gasteiger partial charge in [-0.25, -0.2) is 13.2 Å². The summed E-state index contributed by atoms with van der Waals surface area (Å²) in [5.41, 5.74) is 0.421. The SMILES string of the molecule is CS(=O)(=O)c1ccc(C(=O)O)c(Cl)c1C1=CC(=O)CCC1. The topological polar surface area (TPSA) is 88.5 Å². The van der Waals surface area contributed by atoms with E-state index in [2.05, 4.69) is 0 Å². The zero-order valence-electron chi connectivity index (χ0n) is 11.2. The number of hydrogen-bond donors (Lipinski definition) is 1. The second-order valence-electron chi connectivity index (χ2n) is 4.87. The number of carbonyl (C=O) groups excluding carboxylic acids is 1. The first-order chi connectivity index (χ1) is 9.71. The molecule has 0 amide bonds. The Morgan fingerprint density at radius 3 is 2.48 bits per heavy atom. The molecule has 0 atom stereocenters. The van der Waals surface area contributed by atoms with E-state index in [-0.39, 0.29) is 26.8 Å². The molecule has 0 heterocycles. The third kappa shape index (κ3) is 3.16. The molecule has 0 fully saturated rings. The number of halogens is 1. The fraction of sp³-hybridized carbons (Fsp3) is 0.286. The summed E-state index contributed by atoms with van der Waals surface area (Å²) in [7, 11) is -3.59. The Hall–Kier alpha value is -1.66. The number of allylic oxidation sites excluding steroid dienone is 2. The first kappa shape index (κ1) is 15.7. The van der Waals surface area contributed by atoms with Crippen LogP contribution in [0, 0.1) is 0 Å². The van der Waals surface area contributed by atoms with Gasteiger partial charge in [0.1, 0.15) is 0 Å². The molecular formula is C14H13ClO5S. The molecule has 0 aliphatic heterocycles. The Balaban J connectivity index is 2.79. The van der Waals surface area contributed by atoms with Crippen LogP contribution < -0.4 is 0 Å². The van der Waals surface area contributed by atoms with E-state index < -0.39 is 15.8 Å². The van der Waals surface area contributed by atoms with Gasteiger partial charge < -0.3 is 5.11 Å². The molecule has 7 heteroatoms. The molecule has 0 aromatic heterocycles. The van der Waals surface area contributed by atoms with Crippen molar-refractivity contribution >= 4 is 38.8 Å². The lowest BCUT2D eigenvalue weighted by Gasteiger charge is -2.18. The van der Waals surface area contributed by atoms with Gasteiger partial charge in [-0.3, -0.25) is 4.79 Å². The Morgan fingerprint density at radius 2 is 1.95 bits per heavy atom. The minimum absolute atomic E-state index is 0.0570. The third-order valence-electron chi connectivity index (χ3n) is 3.26. The lowest BCUT2D eigenvalue weighted by molar-refractivity contribution is -0.114. The number of carboxylic acid groups (broad SMARTS) is 1. The molecule has 1 N–H and O–H groups in total. The van der Waals surface area contributed by atoms with Gasteiger partial charge in [0, 0.05) is 18.2 Å². The lowest BCUT2D eigenvalue weighted by Crippen LogP contribution is -2.10. The summed E-state index contributed by atoms with van der Waals surface area (Å²) in [5.74, 6) is -1.36. The Bertz CT molecular complexity index is 762. The van der Waals surface area contributed by atoms with Gasteiger partial charge in [-0.2, -0.15) is 0 Å². The van der Waals surface area contributed by atoms with Crippen LogP contribution in [-0.4, -0.2) is 31.5 Å². The maximum atomic E-state index is 11.9. The highest BCUT2D eigenvalue weighted by Gasteiger charge is 2.25. The van der Waals surface area contributed by atoms with Crippen LogP contribution in [0.15, 0.2) is 23.1 Å². The van der Waals surface area contributed by atoms with Crippen LogP contribution in [0.1, 0.15) is 35.2 Å². The van der Waals surface area contributed by atoms with E-state index in [1.54, 1.807) is 0 Å². The van der Waals surface area contributed by atoms with E-state index in [1.165, 1.54) is 12.1 Å². The van der Waals surface area contributed by atoms with Crippen molar-refractivity contribution in [3.05, 3.63) is 34.4 Å². The van der Waals surface area contributed by atoms with Crippen molar-refractivity contribution in [3.8, 4) is 0 Å². The van der Waals surface area contributed by atoms with Gasteiger partial charge in [-0.15, -0.1) is 0 Å². The molecule has 0 unspecified atom stereocenters. The Kier molecular flexibility index (Phi) is 4.20. The summed E-state index contributed by atoms with van der Waals surface area (Å²) < 4.78 is 23.8. The summed E-state index contributed by atoms with van der Waals surface area (Å²) >= 11 is 6.10. The van der Waals surface area contributed by atoms with Crippen LogP contribution in [-0.2, 0) is 14.6 Å². The molecule has 1 aliphatic rings. The summed E-state index contributed by atoms with van der Waals surface area (Å²) in [4.78, 5) is 22.7. The number of carbonyl (C=O) groups is 2. The highest BCUT2D eigenvalue weighted by molar-refractivity contribution is 7.90. The highest BCUT2D eigenvalue weighted by Crippen LogP contribution is 2.37. The quantitative estimate of drug-likeness (QED) is 0.921. The van der Waals surface area contributed by atoms with Gasteiger partial charge in [-0.05, 0) is 36.6 Å². The number of hydrogen-bond acceptors (Lipinski definition) is 4. The minimum atomic E-state index is -3.59. The average molecular weight is 329 g/mol. The largest absolute Gasteiger partial charge is 0.478 e. The van der Waals surface area contributed by atoms with Crippen LogP contribution in [0.4, 0.5) is 0 Å². The molecule has 1 aromatic rings. The second kappa shape index (κ2) is 5.61. The second-order valence-corrected chi connectivity index (χ2v) is 7.23. The number of carboxylic acids is 1. The predicted molar refractivity (Wildman–Crippen MR) is 78.4 cm³/mol. The maximum Gasteiger partial charge on any atom is 0.337 e. The molecule has 0 spiro atoms. The van der Waals surface area contributed by atoms with E-state index in [0.29, 0.717) is 24.8 Å². The van der Waals surface area contributed by atoms with E-state index >= 15 is 0 Å². The predicted octanol–water partition coefficient (Wildman–Crippen LogP) is 2.58. The number of benzene rings is 1. The van der Waals surface area contributed by atoms with E-state index in [0.717, 1.165) is 12.3 Å². The molecule has 0 saturated carbocycles. The zero-order chi connectivity index (χ0) is 15.8. The Labute approximate surface area is 127 Å². The summed E-state index contributed by atoms with van der Waals surface area (Å²) in [6, 6.07) is 2.38. The van der Waals surface area contributed by atoms with Crippen molar-refractivity contribution in [2.45, 2.75) is 24.2 Å². The van der Waals surface area contributed by atoms with E-state index in [4.69, 9.17) is 16.7 Å². The fourth-order valence-corrected chi connectivity index (χ4v) is 3.66. The molecule has 21 heavy (non-hydrogen) atoms. The fourth-order valence-electron chi connectivity index (χ4n) is 2.32. The van der Waals surface area contributed by atoms with Crippen molar-refractivity contribution in [1.82, 2.24) is 0 Å². The number of ketones is 1. The van der Waals surface area contributed by atoms with Crippen molar-refractivity contribution in [3.63, 3.8) is 0 Å².